The third-order valence-corrected chi connectivity index (χ3v) is 3.86. The highest BCUT2D eigenvalue weighted by Gasteiger charge is 2.37. The number of rotatable bonds is 5. The number of hydrogen-bond donors (Lipinski definition) is 1. The highest BCUT2D eigenvalue weighted by Crippen LogP contribution is 2.30. The van der Waals surface area contributed by atoms with Gasteiger partial charge in [0, 0.05) is 17.7 Å². The largest absolute Gasteiger partial charge is 0.317 e. The maximum Gasteiger partial charge on any atom is 0.227 e. The summed E-state index contributed by atoms with van der Waals surface area (Å²) in [5, 5.41) is 3.37. The van der Waals surface area contributed by atoms with Crippen molar-refractivity contribution in [2.24, 2.45) is 0 Å². The molecule has 20 heavy (non-hydrogen) atoms. The Balaban J connectivity index is 3.10. The molecule has 0 radical (unpaired) electrons. The maximum absolute atomic E-state index is 12.5. The number of nitrogens with zero attached hydrogens (tertiary/aromatic N) is 1. The predicted octanol–water partition coefficient (Wildman–Crippen LogP) is 3.40. The molecule has 0 unspecified atom stereocenters. The molecule has 1 aliphatic rings. The Bertz CT molecular complexity index is 415. The molecule has 3 nitrogen and oxygen atoms in total. The number of amides is 1. The van der Waals surface area contributed by atoms with Crippen molar-refractivity contribution in [3.8, 4) is 0 Å². The fourth-order valence-corrected chi connectivity index (χ4v) is 2.63. The van der Waals surface area contributed by atoms with Gasteiger partial charge in [0.25, 0.3) is 0 Å². The van der Waals surface area contributed by atoms with E-state index in [1.165, 1.54) is 0 Å². The van der Waals surface area contributed by atoms with Crippen LogP contribution < -0.4 is 5.32 Å². The van der Waals surface area contributed by atoms with E-state index < -0.39 is 0 Å². The van der Waals surface area contributed by atoms with Crippen LogP contribution in [0.2, 0.25) is 0 Å². The third-order valence-electron chi connectivity index (χ3n) is 3.86. The molecule has 1 saturated heterocycles. The van der Waals surface area contributed by atoms with Gasteiger partial charge in [-0.15, -0.1) is 0 Å². The molecule has 112 valence electrons. The SMILES string of the molecule is C=C(C)C=CC(=CC)N(C(=O)CC)C1(C)CCNCC1. The van der Waals surface area contributed by atoms with Crippen molar-refractivity contribution in [3.63, 3.8) is 0 Å². The van der Waals surface area contributed by atoms with E-state index in [9.17, 15) is 4.79 Å². The summed E-state index contributed by atoms with van der Waals surface area (Å²) < 4.78 is 0. The van der Waals surface area contributed by atoms with E-state index in [1.807, 2.05) is 43.9 Å². The van der Waals surface area contributed by atoms with E-state index in [-0.39, 0.29) is 11.4 Å². The molecular weight excluding hydrogens is 248 g/mol. The number of piperidine rings is 1. The van der Waals surface area contributed by atoms with Gasteiger partial charge >= 0.3 is 0 Å². The van der Waals surface area contributed by atoms with Crippen LogP contribution in [0.4, 0.5) is 0 Å². The number of carbonyl (C=O) groups excluding carboxylic acids is 1. The first-order valence-electron chi connectivity index (χ1n) is 7.48. The molecule has 1 amide bonds. The molecule has 0 aliphatic carbocycles. The van der Waals surface area contributed by atoms with Crippen LogP contribution >= 0.6 is 0 Å². The minimum atomic E-state index is -0.0976. The van der Waals surface area contributed by atoms with E-state index >= 15 is 0 Å². The summed E-state index contributed by atoms with van der Waals surface area (Å²) in [4.78, 5) is 14.5. The molecule has 0 aromatic rings. The standard InChI is InChI=1S/C17H28N2O/c1-6-15(9-8-14(3)4)19(16(20)7-2)17(5)10-12-18-13-11-17/h6,8-9,18H,3,7,10-13H2,1-2,4-5H3. The highest BCUT2D eigenvalue weighted by molar-refractivity contribution is 5.79. The number of allylic oxidation sites excluding steroid dienone is 4. The van der Waals surface area contributed by atoms with Crippen LogP contribution in [0.1, 0.15) is 47.0 Å². The van der Waals surface area contributed by atoms with Gasteiger partial charge in [-0.25, -0.2) is 0 Å². The van der Waals surface area contributed by atoms with Gasteiger partial charge < -0.3 is 10.2 Å². The third kappa shape index (κ3) is 4.07. The zero-order chi connectivity index (χ0) is 15.2. The molecule has 3 heteroatoms. The van der Waals surface area contributed by atoms with Crippen LogP contribution in [-0.4, -0.2) is 29.4 Å². The van der Waals surface area contributed by atoms with Crippen LogP contribution in [0.25, 0.3) is 0 Å². The Morgan fingerprint density at radius 1 is 1.35 bits per heavy atom. The summed E-state index contributed by atoms with van der Waals surface area (Å²) >= 11 is 0. The summed E-state index contributed by atoms with van der Waals surface area (Å²) in [5.74, 6) is 0.189. The molecule has 1 heterocycles. The quantitative estimate of drug-likeness (QED) is 0.781. The minimum Gasteiger partial charge on any atom is -0.317 e. The summed E-state index contributed by atoms with van der Waals surface area (Å²) in [6.45, 7) is 13.9. The van der Waals surface area contributed by atoms with Crippen molar-refractivity contribution in [3.05, 3.63) is 36.1 Å². The first kappa shape index (κ1) is 16.7. The van der Waals surface area contributed by atoms with Crippen LogP contribution in [0, 0.1) is 0 Å². The molecule has 1 N–H and O–H groups in total. The molecule has 0 bridgehead atoms. The number of hydrogen-bond acceptors (Lipinski definition) is 2. The summed E-state index contributed by atoms with van der Waals surface area (Å²) in [5.41, 5.74) is 1.87. The monoisotopic (exact) mass is 276 g/mol. The Morgan fingerprint density at radius 3 is 2.40 bits per heavy atom. The van der Waals surface area contributed by atoms with Gasteiger partial charge in [0.05, 0.1) is 0 Å². The molecule has 0 aromatic carbocycles. The van der Waals surface area contributed by atoms with Crippen molar-refractivity contribution in [1.82, 2.24) is 10.2 Å². The first-order valence-corrected chi connectivity index (χ1v) is 7.48. The van der Waals surface area contributed by atoms with Gasteiger partial charge in [-0.1, -0.05) is 31.2 Å². The van der Waals surface area contributed by atoms with Crippen molar-refractivity contribution in [2.45, 2.75) is 52.5 Å². The topological polar surface area (TPSA) is 32.3 Å². The van der Waals surface area contributed by atoms with Crippen molar-refractivity contribution in [2.75, 3.05) is 13.1 Å². The Kier molecular flexibility index (Phi) is 6.21. The highest BCUT2D eigenvalue weighted by atomic mass is 16.2. The molecule has 0 spiro atoms. The summed E-state index contributed by atoms with van der Waals surface area (Å²) in [6.07, 6.45) is 8.48. The predicted molar refractivity (Wildman–Crippen MR) is 85.4 cm³/mol. The van der Waals surface area contributed by atoms with E-state index in [0.717, 1.165) is 37.2 Å². The lowest BCUT2D eigenvalue weighted by Gasteiger charge is -2.44. The van der Waals surface area contributed by atoms with E-state index in [1.54, 1.807) is 0 Å². The van der Waals surface area contributed by atoms with Crippen LogP contribution in [0.15, 0.2) is 36.1 Å². The van der Waals surface area contributed by atoms with E-state index in [4.69, 9.17) is 0 Å². The van der Waals surface area contributed by atoms with Crippen LogP contribution in [0.3, 0.4) is 0 Å². The Labute approximate surface area is 123 Å². The van der Waals surface area contributed by atoms with Gasteiger partial charge in [-0.3, -0.25) is 4.79 Å². The van der Waals surface area contributed by atoms with Crippen molar-refractivity contribution in [1.29, 1.82) is 0 Å². The summed E-state index contributed by atoms with van der Waals surface area (Å²) in [6, 6.07) is 0. The van der Waals surface area contributed by atoms with Crippen molar-refractivity contribution >= 4 is 5.91 Å². The number of carbonyl (C=O) groups is 1. The van der Waals surface area contributed by atoms with Crippen molar-refractivity contribution < 1.29 is 4.79 Å². The lowest BCUT2D eigenvalue weighted by Crippen LogP contribution is -2.54. The smallest absolute Gasteiger partial charge is 0.227 e. The minimum absolute atomic E-state index is 0.0976. The second-order valence-corrected chi connectivity index (χ2v) is 5.72. The average molecular weight is 276 g/mol. The molecule has 0 atom stereocenters. The van der Waals surface area contributed by atoms with E-state index in [2.05, 4.69) is 18.8 Å². The second-order valence-electron chi connectivity index (χ2n) is 5.72. The number of nitrogens with one attached hydrogen (secondary N) is 1. The van der Waals surface area contributed by atoms with Gasteiger partial charge in [0.15, 0.2) is 0 Å². The van der Waals surface area contributed by atoms with Crippen LogP contribution in [0.5, 0.6) is 0 Å². The Hall–Kier alpha value is -1.35. The zero-order valence-corrected chi connectivity index (χ0v) is 13.3. The van der Waals surface area contributed by atoms with Gasteiger partial charge in [0.2, 0.25) is 5.91 Å². The van der Waals surface area contributed by atoms with Gasteiger partial charge in [-0.05, 0) is 52.8 Å². The maximum atomic E-state index is 12.5. The van der Waals surface area contributed by atoms with Crippen LogP contribution in [-0.2, 0) is 4.79 Å². The molecule has 0 aromatic heterocycles. The molecular formula is C17H28N2O. The fourth-order valence-electron chi connectivity index (χ4n) is 2.63. The molecule has 1 fully saturated rings. The van der Waals surface area contributed by atoms with E-state index in [0.29, 0.717) is 6.42 Å². The average Bonchev–Trinajstić information content (AvgIpc) is 2.43. The Morgan fingerprint density at radius 2 is 1.95 bits per heavy atom. The van der Waals surface area contributed by atoms with Gasteiger partial charge in [0.1, 0.15) is 0 Å². The van der Waals surface area contributed by atoms with Gasteiger partial charge in [-0.2, -0.15) is 0 Å². The zero-order valence-electron chi connectivity index (χ0n) is 13.3. The fraction of sp³-hybridized carbons (Fsp3) is 0.588. The molecule has 1 rings (SSSR count). The first-order chi connectivity index (χ1) is 9.44. The lowest BCUT2D eigenvalue weighted by atomic mass is 9.87. The molecule has 1 aliphatic heterocycles. The second kappa shape index (κ2) is 7.44. The lowest BCUT2D eigenvalue weighted by molar-refractivity contribution is -0.134. The summed E-state index contributed by atoms with van der Waals surface area (Å²) in [7, 11) is 0. The normalized spacial score (nSPS) is 19.1. The molecule has 0 saturated carbocycles.